The Morgan fingerprint density at radius 1 is 0.493 bits per heavy atom. The molecular weight excluding hydrogens is 955 g/mol. The molecule has 2 aliphatic heterocycles. The second-order valence-corrected chi connectivity index (χ2v) is 20.7. The standard InChI is InChI=1S/C61H107NO13/c1-3-5-7-9-11-13-15-17-19-20-21-22-23-24-25-26-27-28-29-30-31-33-35-37-39-41-43-45-53(66)62-49(50(65)44-42-40-38-36-34-32-18-16-14-12-10-8-6-4-2)48-72-60-58(71)56(69)59(52(47-64)74-60)75-61-57(70)55(68)54(67)51(46-63)73-61/h5,7,11,13,17,19,21-22,24-25,27-28,49-52,54-61,63-65,67-71H,3-4,6,8-10,12,14-16,18,20,23,26,29-48H2,1-2H3,(H,62,66)/b7-5-,13-11-,19-17-,22-21-,25-24-,28-27-. The van der Waals surface area contributed by atoms with Gasteiger partial charge >= 0.3 is 0 Å². The Morgan fingerprint density at radius 3 is 1.41 bits per heavy atom. The Kier molecular flexibility index (Phi) is 42.4. The van der Waals surface area contributed by atoms with E-state index in [4.69, 9.17) is 18.9 Å². The van der Waals surface area contributed by atoms with Crippen molar-refractivity contribution in [1.29, 1.82) is 0 Å². The average Bonchev–Trinajstić information content (AvgIpc) is 3.41. The summed E-state index contributed by atoms with van der Waals surface area (Å²) >= 11 is 0. The Hall–Kier alpha value is -2.57. The Balaban J connectivity index is 1.73. The second-order valence-electron chi connectivity index (χ2n) is 20.7. The summed E-state index contributed by atoms with van der Waals surface area (Å²) in [6.45, 7) is 2.73. The Labute approximate surface area is 453 Å². The van der Waals surface area contributed by atoms with Crippen LogP contribution in [0.25, 0.3) is 0 Å². The number of nitrogens with one attached hydrogen (secondary N) is 1. The van der Waals surface area contributed by atoms with E-state index in [0.29, 0.717) is 19.3 Å². The van der Waals surface area contributed by atoms with Gasteiger partial charge < -0.3 is 65.1 Å². The lowest BCUT2D eigenvalue weighted by molar-refractivity contribution is -0.359. The lowest BCUT2D eigenvalue weighted by atomic mass is 9.97. The number of aliphatic hydroxyl groups is 8. The number of carbonyl (C=O) groups excluding carboxylic acids is 1. The van der Waals surface area contributed by atoms with Gasteiger partial charge in [-0.05, 0) is 64.2 Å². The van der Waals surface area contributed by atoms with Crippen LogP contribution in [0.5, 0.6) is 0 Å². The molecule has 0 saturated carbocycles. The van der Waals surface area contributed by atoms with Gasteiger partial charge in [-0.2, -0.15) is 0 Å². The van der Waals surface area contributed by atoms with E-state index in [1.807, 2.05) is 0 Å². The summed E-state index contributed by atoms with van der Waals surface area (Å²) in [7, 11) is 0. The highest BCUT2D eigenvalue weighted by Gasteiger charge is 2.51. The van der Waals surface area contributed by atoms with Crippen molar-refractivity contribution in [3.8, 4) is 0 Å². The first-order valence-electron chi connectivity index (χ1n) is 29.7. The molecular formula is C61H107NO13. The number of hydrogen-bond acceptors (Lipinski definition) is 13. The quantitative estimate of drug-likeness (QED) is 0.0205. The third-order valence-corrected chi connectivity index (χ3v) is 14.2. The number of ether oxygens (including phenoxy) is 4. The molecule has 0 bridgehead atoms. The molecule has 0 aromatic carbocycles. The molecule has 0 radical (unpaired) electrons. The highest BCUT2D eigenvalue weighted by molar-refractivity contribution is 5.76. The van der Waals surface area contributed by atoms with Crippen LogP contribution >= 0.6 is 0 Å². The first-order chi connectivity index (χ1) is 36.6. The Bertz CT molecular complexity index is 1530. The third kappa shape index (κ3) is 32.2. The summed E-state index contributed by atoms with van der Waals surface area (Å²) < 4.78 is 22.8. The second kappa shape index (κ2) is 46.4. The number of hydrogen-bond donors (Lipinski definition) is 9. The van der Waals surface area contributed by atoms with Gasteiger partial charge in [0.05, 0.1) is 32.0 Å². The molecule has 0 aliphatic carbocycles. The van der Waals surface area contributed by atoms with Crippen molar-refractivity contribution < 1.29 is 64.6 Å². The van der Waals surface area contributed by atoms with Crippen LogP contribution in [0.3, 0.4) is 0 Å². The summed E-state index contributed by atoms with van der Waals surface area (Å²) in [5.41, 5.74) is 0. The summed E-state index contributed by atoms with van der Waals surface area (Å²) in [6, 6.07) is -0.837. The van der Waals surface area contributed by atoms with E-state index in [9.17, 15) is 45.6 Å². The molecule has 0 spiro atoms. The van der Waals surface area contributed by atoms with E-state index in [2.05, 4.69) is 92.1 Å². The van der Waals surface area contributed by atoms with Crippen LogP contribution in [0.2, 0.25) is 0 Å². The van der Waals surface area contributed by atoms with Gasteiger partial charge in [0.2, 0.25) is 5.91 Å². The molecule has 434 valence electrons. The monoisotopic (exact) mass is 1060 g/mol. The summed E-state index contributed by atoms with van der Waals surface area (Å²) in [4.78, 5) is 13.3. The molecule has 2 rings (SSSR count). The predicted octanol–water partition coefficient (Wildman–Crippen LogP) is 9.94. The Morgan fingerprint density at radius 2 is 0.920 bits per heavy atom. The third-order valence-electron chi connectivity index (χ3n) is 14.2. The highest BCUT2D eigenvalue weighted by Crippen LogP contribution is 2.30. The average molecular weight is 1060 g/mol. The number of allylic oxidation sites excluding steroid dienone is 12. The maximum atomic E-state index is 13.3. The van der Waals surface area contributed by atoms with Gasteiger partial charge in [-0.25, -0.2) is 0 Å². The van der Waals surface area contributed by atoms with Gasteiger partial charge in [-0.15, -0.1) is 0 Å². The van der Waals surface area contributed by atoms with Crippen molar-refractivity contribution in [3.63, 3.8) is 0 Å². The molecule has 14 heteroatoms. The molecule has 9 N–H and O–H groups in total. The molecule has 0 aromatic rings. The molecule has 1 amide bonds. The highest BCUT2D eigenvalue weighted by atomic mass is 16.7. The van der Waals surface area contributed by atoms with E-state index in [1.165, 1.54) is 89.9 Å². The summed E-state index contributed by atoms with van der Waals surface area (Å²) in [5.74, 6) is -0.218. The van der Waals surface area contributed by atoms with Crippen LogP contribution in [0, 0.1) is 0 Å². The van der Waals surface area contributed by atoms with Gasteiger partial charge in [0, 0.05) is 6.42 Å². The van der Waals surface area contributed by atoms with E-state index in [1.54, 1.807) is 0 Å². The zero-order valence-corrected chi connectivity index (χ0v) is 46.5. The number of rotatable bonds is 46. The number of carbonyl (C=O) groups is 1. The molecule has 0 aromatic heterocycles. The lowest BCUT2D eigenvalue weighted by Gasteiger charge is -2.46. The van der Waals surface area contributed by atoms with Crippen molar-refractivity contribution in [2.75, 3.05) is 19.8 Å². The zero-order chi connectivity index (χ0) is 54.6. The first-order valence-corrected chi connectivity index (χ1v) is 29.7. The van der Waals surface area contributed by atoms with E-state index in [-0.39, 0.29) is 12.5 Å². The molecule has 2 aliphatic rings. The number of aliphatic hydroxyl groups excluding tert-OH is 8. The van der Waals surface area contributed by atoms with Crippen LogP contribution in [-0.4, -0.2) is 140 Å². The molecule has 2 heterocycles. The van der Waals surface area contributed by atoms with Crippen molar-refractivity contribution in [3.05, 3.63) is 72.9 Å². The molecule has 12 unspecified atom stereocenters. The smallest absolute Gasteiger partial charge is 0.220 e. The minimum Gasteiger partial charge on any atom is -0.394 e. The van der Waals surface area contributed by atoms with Gasteiger partial charge in [-0.1, -0.05) is 215 Å². The fourth-order valence-corrected chi connectivity index (χ4v) is 9.42. The molecule has 75 heavy (non-hydrogen) atoms. The normalized spacial score (nSPS) is 25.6. The van der Waals surface area contributed by atoms with Crippen LogP contribution in [0.15, 0.2) is 72.9 Å². The summed E-state index contributed by atoms with van der Waals surface area (Å²) in [6.07, 6.45) is 43.2. The maximum Gasteiger partial charge on any atom is 0.220 e. The van der Waals surface area contributed by atoms with Crippen molar-refractivity contribution in [2.45, 2.75) is 286 Å². The minimum absolute atomic E-state index is 0.218. The van der Waals surface area contributed by atoms with Crippen molar-refractivity contribution in [1.82, 2.24) is 5.32 Å². The minimum atomic E-state index is -1.79. The van der Waals surface area contributed by atoms with Gasteiger partial charge in [0.1, 0.15) is 48.8 Å². The number of amides is 1. The topological polar surface area (TPSA) is 228 Å². The lowest BCUT2D eigenvalue weighted by Crippen LogP contribution is -2.65. The largest absolute Gasteiger partial charge is 0.394 e. The first kappa shape index (κ1) is 68.5. The number of unbranched alkanes of at least 4 members (excludes halogenated alkanes) is 21. The van der Waals surface area contributed by atoms with Crippen LogP contribution in [0.4, 0.5) is 0 Å². The van der Waals surface area contributed by atoms with Gasteiger partial charge in [0.25, 0.3) is 0 Å². The van der Waals surface area contributed by atoms with Crippen molar-refractivity contribution in [2.24, 2.45) is 0 Å². The van der Waals surface area contributed by atoms with Crippen LogP contribution < -0.4 is 5.32 Å². The predicted molar refractivity (Wildman–Crippen MR) is 300 cm³/mol. The van der Waals surface area contributed by atoms with Crippen molar-refractivity contribution >= 4 is 5.91 Å². The zero-order valence-electron chi connectivity index (χ0n) is 46.5. The summed E-state index contributed by atoms with van der Waals surface area (Å²) in [5, 5.41) is 87.2. The van der Waals surface area contributed by atoms with E-state index in [0.717, 1.165) is 89.9 Å². The molecule has 2 fully saturated rings. The van der Waals surface area contributed by atoms with Gasteiger partial charge in [-0.3, -0.25) is 4.79 Å². The van der Waals surface area contributed by atoms with Crippen LogP contribution in [-0.2, 0) is 23.7 Å². The molecule has 2 saturated heterocycles. The fraction of sp³-hybridized carbons (Fsp3) is 0.787. The van der Waals surface area contributed by atoms with Gasteiger partial charge in [0.15, 0.2) is 12.6 Å². The fourth-order valence-electron chi connectivity index (χ4n) is 9.42. The van der Waals surface area contributed by atoms with E-state index < -0.39 is 86.8 Å². The van der Waals surface area contributed by atoms with Crippen LogP contribution in [0.1, 0.15) is 213 Å². The SMILES string of the molecule is CC/C=C\C/C=C\C/C=C\C/C=C\C/C=C\C/C=C\CCCCCCCCCCC(=O)NC(COC1OC(CO)C(OC2OC(CO)C(O)C(O)C2O)C(O)C1O)C(O)CCCCCCCCCCCCCCCC. The molecule has 12 atom stereocenters. The van der Waals surface area contributed by atoms with E-state index >= 15 is 0 Å². The molecule has 14 nitrogen and oxygen atoms in total. The maximum absolute atomic E-state index is 13.3.